The van der Waals surface area contributed by atoms with Crippen LogP contribution in [0.1, 0.15) is 105 Å². The first-order valence-electron chi connectivity index (χ1n) is 14.7. The predicted molar refractivity (Wildman–Crippen MR) is 150 cm³/mol. The quantitative estimate of drug-likeness (QED) is 0.0588. The number of unbranched alkanes of at least 4 members (excludes halogenated alkanes) is 6. The first kappa shape index (κ1) is 35.9. The first-order valence-corrected chi connectivity index (χ1v) is 14.7. The molecule has 2 atom stereocenters. The molecule has 0 aromatic heterocycles. The highest BCUT2D eigenvalue weighted by Crippen LogP contribution is 2.20. The van der Waals surface area contributed by atoms with Crippen molar-refractivity contribution in [2.75, 3.05) is 53.9 Å². The minimum atomic E-state index is -0.696. The van der Waals surface area contributed by atoms with E-state index in [0.717, 1.165) is 103 Å². The summed E-state index contributed by atoms with van der Waals surface area (Å²) >= 11 is 0. The van der Waals surface area contributed by atoms with E-state index in [1.807, 2.05) is 0 Å². The second-order valence-corrected chi connectivity index (χ2v) is 9.10. The Labute approximate surface area is 228 Å². The summed E-state index contributed by atoms with van der Waals surface area (Å²) in [5, 5.41) is 0. The standard InChI is InChI=1S/C30H58O7/c1-7-11-21-33-23-17-15-19-27(35-25-13-9-3)29(31-5)37-30(32-6)28(36-26-14-10-4)20-16-18-24-34-22-12-8-2/h19-20,29-30H,7-18,21-26H2,1-6H3. The van der Waals surface area contributed by atoms with Gasteiger partial charge < -0.3 is 33.2 Å². The van der Waals surface area contributed by atoms with Crippen molar-refractivity contribution in [1.29, 1.82) is 0 Å². The van der Waals surface area contributed by atoms with Crippen LogP contribution in [0.25, 0.3) is 0 Å². The van der Waals surface area contributed by atoms with Crippen molar-refractivity contribution in [3.63, 3.8) is 0 Å². The number of allylic oxidation sites excluding steroid dienone is 2. The van der Waals surface area contributed by atoms with Crippen molar-refractivity contribution in [1.82, 2.24) is 0 Å². The van der Waals surface area contributed by atoms with E-state index < -0.39 is 12.6 Å². The zero-order valence-electron chi connectivity index (χ0n) is 24.9. The van der Waals surface area contributed by atoms with Crippen LogP contribution >= 0.6 is 0 Å². The van der Waals surface area contributed by atoms with E-state index in [1.54, 1.807) is 14.2 Å². The highest BCUT2D eigenvalue weighted by atomic mass is 16.8. The van der Waals surface area contributed by atoms with Crippen LogP contribution < -0.4 is 0 Å². The van der Waals surface area contributed by atoms with Crippen LogP contribution in [0.15, 0.2) is 23.7 Å². The molecule has 0 amide bonds. The monoisotopic (exact) mass is 530 g/mol. The van der Waals surface area contributed by atoms with Gasteiger partial charge in [-0.1, -0.05) is 53.4 Å². The molecule has 0 saturated heterocycles. The van der Waals surface area contributed by atoms with Crippen LogP contribution in [0.3, 0.4) is 0 Å². The number of rotatable bonds is 28. The van der Waals surface area contributed by atoms with E-state index in [4.69, 9.17) is 33.2 Å². The molecule has 0 spiro atoms. The molecule has 7 nitrogen and oxygen atoms in total. The van der Waals surface area contributed by atoms with E-state index in [9.17, 15) is 0 Å². The van der Waals surface area contributed by atoms with Gasteiger partial charge in [0.1, 0.15) is 11.5 Å². The molecule has 0 bridgehead atoms. The van der Waals surface area contributed by atoms with Crippen LogP contribution in [0.5, 0.6) is 0 Å². The second kappa shape index (κ2) is 27.9. The third-order valence-corrected chi connectivity index (χ3v) is 5.63. The van der Waals surface area contributed by atoms with Crippen LogP contribution in [0, 0.1) is 0 Å². The molecule has 0 aliphatic heterocycles. The maximum absolute atomic E-state index is 6.26. The number of hydrogen-bond acceptors (Lipinski definition) is 7. The minimum absolute atomic E-state index is 0.615. The summed E-state index contributed by atoms with van der Waals surface area (Å²) in [6.45, 7) is 13.0. The molecule has 0 heterocycles. The van der Waals surface area contributed by atoms with Crippen LogP contribution in [-0.2, 0) is 33.2 Å². The fraction of sp³-hybridized carbons (Fsp3) is 0.867. The van der Waals surface area contributed by atoms with Gasteiger partial charge in [0.05, 0.1) is 13.2 Å². The van der Waals surface area contributed by atoms with Gasteiger partial charge in [-0.3, -0.25) is 0 Å². The van der Waals surface area contributed by atoms with E-state index in [1.165, 1.54) is 0 Å². The zero-order valence-corrected chi connectivity index (χ0v) is 24.9. The molecule has 0 N–H and O–H groups in total. The summed E-state index contributed by atoms with van der Waals surface area (Å²) < 4.78 is 41.2. The second-order valence-electron chi connectivity index (χ2n) is 9.10. The summed E-state index contributed by atoms with van der Waals surface area (Å²) in [6.07, 6.45) is 14.7. The lowest BCUT2D eigenvalue weighted by Gasteiger charge is -2.26. The first-order chi connectivity index (χ1) is 18.2. The Morgan fingerprint density at radius 3 is 1.22 bits per heavy atom. The Balaban J connectivity index is 5.21. The molecule has 0 rings (SSSR count). The summed E-state index contributed by atoms with van der Waals surface area (Å²) in [4.78, 5) is 0. The molecule has 220 valence electrons. The van der Waals surface area contributed by atoms with Gasteiger partial charge in [-0.2, -0.15) is 0 Å². The van der Waals surface area contributed by atoms with E-state index >= 15 is 0 Å². The summed E-state index contributed by atoms with van der Waals surface area (Å²) in [6, 6.07) is 0. The maximum atomic E-state index is 6.26. The Hall–Kier alpha value is -1.12. The van der Waals surface area contributed by atoms with E-state index in [-0.39, 0.29) is 0 Å². The molecule has 0 aromatic rings. The van der Waals surface area contributed by atoms with Gasteiger partial charge in [0.2, 0.25) is 12.6 Å². The Kier molecular flexibility index (Phi) is 27.1. The lowest BCUT2D eigenvalue weighted by Crippen LogP contribution is -2.30. The topological polar surface area (TPSA) is 64.6 Å². The smallest absolute Gasteiger partial charge is 0.218 e. The minimum Gasteiger partial charge on any atom is -0.493 e. The summed E-state index contributed by atoms with van der Waals surface area (Å²) in [5.74, 6) is 1.34. The van der Waals surface area contributed by atoms with Crippen LogP contribution in [0.2, 0.25) is 0 Å². The molecular formula is C30H58O7. The van der Waals surface area contributed by atoms with Crippen molar-refractivity contribution in [2.24, 2.45) is 0 Å². The van der Waals surface area contributed by atoms with Crippen LogP contribution in [-0.4, -0.2) is 66.4 Å². The molecule has 0 saturated carbocycles. The van der Waals surface area contributed by atoms with Gasteiger partial charge in [0.15, 0.2) is 0 Å². The van der Waals surface area contributed by atoms with Crippen molar-refractivity contribution in [2.45, 2.75) is 117 Å². The molecule has 0 aromatic carbocycles. The Bertz CT molecular complexity index is 490. The average Bonchev–Trinajstić information content (AvgIpc) is 2.91. The lowest BCUT2D eigenvalue weighted by molar-refractivity contribution is -0.223. The summed E-state index contributed by atoms with van der Waals surface area (Å²) in [7, 11) is 3.24. The molecular weight excluding hydrogens is 472 g/mol. The number of methoxy groups -OCH3 is 2. The highest BCUT2D eigenvalue weighted by Gasteiger charge is 2.25. The normalized spacial score (nSPS) is 14.1. The molecule has 0 aliphatic rings. The third-order valence-electron chi connectivity index (χ3n) is 5.63. The number of hydrogen-bond donors (Lipinski definition) is 0. The van der Waals surface area contributed by atoms with E-state index in [0.29, 0.717) is 24.7 Å². The molecule has 37 heavy (non-hydrogen) atoms. The third kappa shape index (κ3) is 20.5. The van der Waals surface area contributed by atoms with Crippen molar-refractivity contribution in [3.05, 3.63) is 23.7 Å². The van der Waals surface area contributed by atoms with Gasteiger partial charge >= 0.3 is 0 Å². The van der Waals surface area contributed by atoms with Gasteiger partial charge in [-0.25, -0.2) is 0 Å². The maximum Gasteiger partial charge on any atom is 0.218 e. The fourth-order valence-electron chi connectivity index (χ4n) is 3.26. The number of ether oxygens (including phenoxy) is 7. The SMILES string of the molecule is CCCCOCCCC=C(OCCCC)C(OC)OC(OC)C(=CCCCOCCCC)OCCCC. The molecule has 0 fully saturated rings. The van der Waals surface area contributed by atoms with Crippen LogP contribution in [0.4, 0.5) is 0 Å². The van der Waals surface area contributed by atoms with E-state index in [2.05, 4.69) is 39.8 Å². The zero-order chi connectivity index (χ0) is 27.4. The van der Waals surface area contributed by atoms with Crippen molar-refractivity contribution < 1.29 is 33.2 Å². The van der Waals surface area contributed by atoms with Crippen molar-refractivity contribution in [3.8, 4) is 0 Å². The largest absolute Gasteiger partial charge is 0.493 e. The average molecular weight is 531 g/mol. The molecule has 0 aliphatic carbocycles. The van der Waals surface area contributed by atoms with Gasteiger partial charge in [-0.05, 0) is 63.5 Å². The van der Waals surface area contributed by atoms with Gasteiger partial charge in [0.25, 0.3) is 0 Å². The van der Waals surface area contributed by atoms with Gasteiger partial charge in [0, 0.05) is 40.6 Å². The Morgan fingerprint density at radius 2 is 0.865 bits per heavy atom. The Morgan fingerprint density at radius 1 is 0.514 bits per heavy atom. The van der Waals surface area contributed by atoms with Crippen molar-refractivity contribution >= 4 is 0 Å². The highest BCUT2D eigenvalue weighted by molar-refractivity contribution is 5.01. The molecule has 0 radical (unpaired) electrons. The predicted octanol–water partition coefficient (Wildman–Crippen LogP) is 7.54. The molecule has 7 heteroatoms. The molecule has 2 unspecified atom stereocenters. The summed E-state index contributed by atoms with van der Waals surface area (Å²) in [5.41, 5.74) is 0. The lowest BCUT2D eigenvalue weighted by atomic mass is 10.2. The fourth-order valence-corrected chi connectivity index (χ4v) is 3.26. The van der Waals surface area contributed by atoms with Gasteiger partial charge in [-0.15, -0.1) is 0 Å².